The van der Waals surface area contributed by atoms with Crippen LogP contribution in [-0.2, 0) is 0 Å². The molecule has 0 radical (unpaired) electrons. The minimum atomic E-state index is -0.753. The average Bonchev–Trinajstić information content (AvgIpc) is 3.21. The lowest BCUT2D eigenvalue weighted by Gasteiger charge is -2.12. The molecule has 5 aromatic rings. The van der Waals surface area contributed by atoms with Crippen LogP contribution >= 0.6 is 11.3 Å². The molecule has 5 nitrogen and oxygen atoms in total. The maximum atomic E-state index is 14.8. The second-order valence-electron chi connectivity index (χ2n) is 6.93. The van der Waals surface area contributed by atoms with Gasteiger partial charge in [0.1, 0.15) is 11.6 Å². The third-order valence-corrected chi connectivity index (χ3v) is 5.79. The first-order valence-electron chi connectivity index (χ1n) is 9.28. The molecular formula is C23H14F2N4OS. The van der Waals surface area contributed by atoms with Gasteiger partial charge in [-0.1, -0.05) is 6.07 Å². The van der Waals surface area contributed by atoms with E-state index in [0.29, 0.717) is 16.6 Å². The Morgan fingerprint density at radius 1 is 0.903 bits per heavy atom. The normalized spacial score (nSPS) is 11.2. The number of primary amides is 1. The fourth-order valence-corrected chi connectivity index (χ4v) is 4.12. The molecule has 0 bridgehead atoms. The van der Waals surface area contributed by atoms with Gasteiger partial charge in [-0.25, -0.2) is 13.8 Å². The fourth-order valence-electron chi connectivity index (χ4n) is 3.46. The molecule has 2 heterocycles. The first kappa shape index (κ1) is 19.1. The number of hydrogen-bond acceptors (Lipinski definition) is 5. The molecule has 2 aromatic heterocycles. The van der Waals surface area contributed by atoms with Gasteiger partial charge in [0.25, 0.3) is 0 Å². The SMILES string of the molecule is NC(=O)c1ccc(-c2cc3c(Nc4ccc5scnc5c4)ccnc3cc2F)c(F)c1. The smallest absolute Gasteiger partial charge is 0.248 e. The molecule has 0 saturated heterocycles. The molecule has 0 aliphatic rings. The quantitative estimate of drug-likeness (QED) is 0.386. The highest BCUT2D eigenvalue weighted by Crippen LogP contribution is 2.34. The zero-order valence-corrected chi connectivity index (χ0v) is 16.7. The van der Waals surface area contributed by atoms with Crippen molar-refractivity contribution in [1.82, 2.24) is 9.97 Å². The highest BCUT2D eigenvalue weighted by molar-refractivity contribution is 7.16. The van der Waals surface area contributed by atoms with Crippen molar-refractivity contribution in [3.05, 3.63) is 83.5 Å². The summed E-state index contributed by atoms with van der Waals surface area (Å²) in [5, 5.41) is 3.93. The molecule has 0 unspecified atom stereocenters. The number of fused-ring (bicyclic) bond motifs is 2. The first-order valence-corrected chi connectivity index (χ1v) is 10.2. The number of rotatable bonds is 4. The van der Waals surface area contributed by atoms with Crippen molar-refractivity contribution in [2.75, 3.05) is 5.32 Å². The van der Waals surface area contributed by atoms with Crippen molar-refractivity contribution in [1.29, 1.82) is 0 Å². The number of nitrogens with zero attached hydrogens (tertiary/aromatic N) is 2. The maximum absolute atomic E-state index is 14.8. The van der Waals surface area contributed by atoms with Crippen molar-refractivity contribution < 1.29 is 13.6 Å². The van der Waals surface area contributed by atoms with Gasteiger partial charge in [0, 0.05) is 45.7 Å². The number of nitrogens with two attached hydrogens (primary N) is 1. The number of pyridine rings is 1. The van der Waals surface area contributed by atoms with Crippen LogP contribution in [0.15, 0.2) is 66.3 Å². The van der Waals surface area contributed by atoms with E-state index in [4.69, 9.17) is 5.73 Å². The molecule has 0 aliphatic carbocycles. The standard InChI is InChI=1S/C23H14F2N4OS/c24-17-7-12(23(26)30)1-3-14(17)15-9-16-19(5-6-27-20(16)10-18(15)25)29-13-2-4-22-21(8-13)28-11-31-22/h1-11H,(H2,26,30)(H,27,29). The number of carbonyl (C=O) groups excluding carboxylic acids is 1. The molecule has 0 fully saturated rings. The lowest BCUT2D eigenvalue weighted by molar-refractivity contribution is 0.1000. The van der Waals surface area contributed by atoms with E-state index in [0.717, 1.165) is 22.0 Å². The number of carbonyl (C=O) groups is 1. The third kappa shape index (κ3) is 3.47. The first-order chi connectivity index (χ1) is 15.0. The molecule has 152 valence electrons. The van der Waals surface area contributed by atoms with Crippen molar-refractivity contribution >= 4 is 49.7 Å². The minimum absolute atomic E-state index is 0.0175. The number of halogens is 2. The van der Waals surface area contributed by atoms with E-state index in [1.807, 2.05) is 18.2 Å². The zero-order chi connectivity index (χ0) is 21.5. The number of amides is 1. The van der Waals surface area contributed by atoms with Crippen molar-refractivity contribution in [3.8, 4) is 11.1 Å². The van der Waals surface area contributed by atoms with Gasteiger partial charge in [-0.3, -0.25) is 9.78 Å². The molecule has 0 aliphatic heterocycles. The molecule has 0 spiro atoms. The summed E-state index contributed by atoms with van der Waals surface area (Å²) in [5.74, 6) is -2.11. The molecule has 0 saturated carbocycles. The van der Waals surface area contributed by atoms with E-state index in [-0.39, 0.29) is 16.7 Å². The zero-order valence-electron chi connectivity index (χ0n) is 15.9. The summed E-state index contributed by atoms with van der Waals surface area (Å²) < 4.78 is 30.5. The van der Waals surface area contributed by atoms with E-state index < -0.39 is 17.5 Å². The second kappa shape index (κ2) is 7.41. The summed E-state index contributed by atoms with van der Waals surface area (Å²) in [4.78, 5) is 19.8. The van der Waals surface area contributed by atoms with Gasteiger partial charge < -0.3 is 11.1 Å². The van der Waals surface area contributed by atoms with Crippen LogP contribution in [0.5, 0.6) is 0 Å². The van der Waals surface area contributed by atoms with Crippen molar-refractivity contribution in [2.24, 2.45) is 5.73 Å². The van der Waals surface area contributed by atoms with E-state index >= 15 is 0 Å². The summed E-state index contributed by atoms with van der Waals surface area (Å²) in [7, 11) is 0. The largest absolute Gasteiger partial charge is 0.366 e. The number of nitrogens with one attached hydrogen (secondary N) is 1. The Kier molecular flexibility index (Phi) is 4.56. The summed E-state index contributed by atoms with van der Waals surface area (Å²) in [6.45, 7) is 0. The van der Waals surface area contributed by atoms with E-state index in [1.165, 1.54) is 18.2 Å². The van der Waals surface area contributed by atoms with Crippen molar-refractivity contribution in [2.45, 2.75) is 0 Å². The topological polar surface area (TPSA) is 80.9 Å². The van der Waals surface area contributed by atoms with Gasteiger partial charge >= 0.3 is 0 Å². The van der Waals surface area contributed by atoms with Gasteiger partial charge in [-0.2, -0.15) is 0 Å². The van der Waals surface area contributed by atoms with Gasteiger partial charge in [0.15, 0.2) is 0 Å². The van der Waals surface area contributed by atoms with E-state index in [1.54, 1.807) is 35.2 Å². The molecule has 1 amide bonds. The molecule has 8 heteroatoms. The predicted molar refractivity (Wildman–Crippen MR) is 119 cm³/mol. The highest BCUT2D eigenvalue weighted by atomic mass is 32.1. The van der Waals surface area contributed by atoms with Crippen LogP contribution in [0.1, 0.15) is 10.4 Å². The number of thiazole rings is 1. The van der Waals surface area contributed by atoms with Crippen LogP contribution in [0.4, 0.5) is 20.2 Å². The Hall–Kier alpha value is -3.91. The fraction of sp³-hybridized carbons (Fsp3) is 0. The van der Waals surface area contributed by atoms with Crippen LogP contribution in [-0.4, -0.2) is 15.9 Å². The number of aromatic nitrogens is 2. The molecule has 3 aromatic carbocycles. The van der Waals surface area contributed by atoms with Crippen LogP contribution in [0, 0.1) is 11.6 Å². The average molecular weight is 432 g/mol. The van der Waals surface area contributed by atoms with Crippen LogP contribution < -0.4 is 11.1 Å². The Bertz CT molecular complexity index is 1480. The van der Waals surface area contributed by atoms with Crippen LogP contribution in [0.2, 0.25) is 0 Å². The predicted octanol–water partition coefficient (Wildman–Crippen LogP) is 5.63. The van der Waals surface area contributed by atoms with Crippen LogP contribution in [0.25, 0.3) is 32.2 Å². The molecule has 31 heavy (non-hydrogen) atoms. The van der Waals surface area contributed by atoms with Crippen molar-refractivity contribution in [3.63, 3.8) is 0 Å². The van der Waals surface area contributed by atoms with E-state index in [9.17, 15) is 13.6 Å². The lowest BCUT2D eigenvalue weighted by atomic mass is 9.99. The minimum Gasteiger partial charge on any atom is -0.366 e. The summed E-state index contributed by atoms with van der Waals surface area (Å²) in [6, 6.07) is 14.1. The number of hydrogen-bond donors (Lipinski definition) is 2. The lowest BCUT2D eigenvalue weighted by Crippen LogP contribution is -2.11. The third-order valence-electron chi connectivity index (χ3n) is 4.98. The molecule has 5 rings (SSSR count). The monoisotopic (exact) mass is 432 g/mol. The van der Waals surface area contributed by atoms with Gasteiger partial charge in [-0.05, 0) is 42.5 Å². The molecule has 0 atom stereocenters. The molecular weight excluding hydrogens is 418 g/mol. The summed E-state index contributed by atoms with van der Waals surface area (Å²) >= 11 is 1.56. The summed E-state index contributed by atoms with van der Waals surface area (Å²) in [5.41, 5.74) is 9.89. The Labute approximate surface area is 179 Å². The molecule has 3 N–H and O–H groups in total. The Morgan fingerprint density at radius 3 is 2.55 bits per heavy atom. The maximum Gasteiger partial charge on any atom is 0.248 e. The van der Waals surface area contributed by atoms with Gasteiger partial charge in [0.05, 0.1) is 21.2 Å². The van der Waals surface area contributed by atoms with Crippen LogP contribution in [0.3, 0.4) is 0 Å². The number of benzene rings is 3. The summed E-state index contributed by atoms with van der Waals surface area (Å²) in [6.07, 6.45) is 1.58. The second-order valence-corrected chi connectivity index (χ2v) is 7.81. The number of anilines is 2. The Balaban J connectivity index is 1.62. The Morgan fingerprint density at radius 2 is 1.74 bits per heavy atom. The van der Waals surface area contributed by atoms with E-state index in [2.05, 4.69) is 15.3 Å². The van der Waals surface area contributed by atoms with Gasteiger partial charge in [0.2, 0.25) is 5.91 Å². The van der Waals surface area contributed by atoms with Gasteiger partial charge in [-0.15, -0.1) is 11.3 Å². The highest BCUT2D eigenvalue weighted by Gasteiger charge is 2.15.